The number of carbonyl (C=O) groups excluding carboxylic acids is 1. The molecular weight excluding hydrogens is 244 g/mol. The summed E-state index contributed by atoms with van der Waals surface area (Å²) in [6.07, 6.45) is 0.814. The van der Waals surface area contributed by atoms with Crippen LogP contribution in [-0.4, -0.2) is 17.4 Å². The van der Waals surface area contributed by atoms with Gasteiger partial charge in [-0.1, -0.05) is 56.4 Å². The molecule has 0 radical (unpaired) electrons. The fourth-order valence-electron chi connectivity index (χ4n) is 1.85. The van der Waals surface area contributed by atoms with E-state index in [9.17, 15) is 4.79 Å². The van der Waals surface area contributed by atoms with Crippen LogP contribution >= 0.6 is 12.2 Å². The number of carbonyl (C=O) groups is 1. The van der Waals surface area contributed by atoms with E-state index in [0.29, 0.717) is 6.54 Å². The third-order valence-electron chi connectivity index (χ3n) is 2.81. The van der Waals surface area contributed by atoms with Gasteiger partial charge in [-0.3, -0.25) is 4.79 Å². The zero-order valence-electron chi connectivity index (χ0n) is 10.8. The van der Waals surface area contributed by atoms with Crippen molar-refractivity contribution in [3.8, 4) is 0 Å². The van der Waals surface area contributed by atoms with Gasteiger partial charge in [0.1, 0.15) is 0 Å². The van der Waals surface area contributed by atoms with Crippen molar-refractivity contribution in [2.75, 3.05) is 6.54 Å². The summed E-state index contributed by atoms with van der Waals surface area (Å²) in [4.78, 5) is 12.2. The first-order valence-electron chi connectivity index (χ1n) is 6.13. The quantitative estimate of drug-likeness (QED) is 0.772. The van der Waals surface area contributed by atoms with Gasteiger partial charge in [0.15, 0.2) is 0 Å². The summed E-state index contributed by atoms with van der Waals surface area (Å²) >= 11 is 4.93. The van der Waals surface area contributed by atoms with Gasteiger partial charge in [0, 0.05) is 6.54 Å². The van der Waals surface area contributed by atoms with Crippen LogP contribution in [0.15, 0.2) is 30.3 Å². The SMILES string of the molecule is CC(C)C(C(=O)NCCc1ccccc1)C(N)=S. The summed E-state index contributed by atoms with van der Waals surface area (Å²) in [6.45, 7) is 4.50. The Morgan fingerprint density at radius 1 is 1.33 bits per heavy atom. The molecule has 1 rings (SSSR count). The van der Waals surface area contributed by atoms with E-state index in [2.05, 4.69) is 5.32 Å². The van der Waals surface area contributed by atoms with Gasteiger partial charge in [-0.05, 0) is 17.9 Å². The number of hydrogen-bond donors (Lipinski definition) is 2. The Balaban J connectivity index is 2.43. The third kappa shape index (κ3) is 4.45. The average Bonchev–Trinajstić information content (AvgIpc) is 2.29. The molecule has 0 fully saturated rings. The predicted octanol–water partition coefficient (Wildman–Crippen LogP) is 1.90. The van der Waals surface area contributed by atoms with Gasteiger partial charge in [0.2, 0.25) is 5.91 Å². The van der Waals surface area contributed by atoms with Gasteiger partial charge in [0.25, 0.3) is 0 Å². The minimum atomic E-state index is -0.379. The molecule has 1 aromatic rings. The monoisotopic (exact) mass is 264 g/mol. The van der Waals surface area contributed by atoms with Gasteiger partial charge < -0.3 is 11.1 Å². The lowest BCUT2D eigenvalue weighted by molar-refractivity contribution is -0.123. The summed E-state index contributed by atoms with van der Waals surface area (Å²) < 4.78 is 0. The molecule has 0 heterocycles. The van der Waals surface area contributed by atoms with E-state index in [-0.39, 0.29) is 22.7 Å². The van der Waals surface area contributed by atoms with Crippen molar-refractivity contribution in [1.29, 1.82) is 0 Å². The van der Waals surface area contributed by atoms with Crippen LogP contribution in [0.25, 0.3) is 0 Å². The molecule has 3 N–H and O–H groups in total. The largest absolute Gasteiger partial charge is 0.393 e. The second kappa shape index (κ2) is 7.11. The van der Waals surface area contributed by atoms with Gasteiger partial charge in [-0.25, -0.2) is 0 Å². The number of nitrogens with two attached hydrogens (primary N) is 1. The minimum Gasteiger partial charge on any atom is -0.393 e. The fourth-order valence-corrected chi connectivity index (χ4v) is 2.22. The van der Waals surface area contributed by atoms with Gasteiger partial charge in [-0.15, -0.1) is 0 Å². The van der Waals surface area contributed by atoms with Gasteiger partial charge in [0.05, 0.1) is 10.9 Å². The maximum Gasteiger partial charge on any atom is 0.230 e. The first-order chi connectivity index (χ1) is 8.52. The van der Waals surface area contributed by atoms with Gasteiger partial charge >= 0.3 is 0 Å². The van der Waals surface area contributed by atoms with E-state index in [1.807, 2.05) is 44.2 Å². The Kier molecular flexibility index (Phi) is 5.78. The molecule has 0 aromatic heterocycles. The Labute approximate surface area is 114 Å². The molecule has 0 aliphatic heterocycles. The van der Waals surface area contributed by atoms with E-state index in [4.69, 9.17) is 18.0 Å². The second-order valence-electron chi connectivity index (χ2n) is 4.65. The van der Waals surface area contributed by atoms with Crippen LogP contribution in [0.4, 0.5) is 0 Å². The number of rotatable bonds is 6. The van der Waals surface area contributed by atoms with Crippen molar-refractivity contribution in [1.82, 2.24) is 5.32 Å². The van der Waals surface area contributed by atoms with Gasteiger partial charge in [-0.2, -0.15) is 0 Å². The molecule has 1 amide bonds. The third-order valence-corrected chi connectivity index (χ3v) is 3.07. The summed E-state index contributed by atoms with van der Waals surface area (Å²) in [5.41, 5.74) is 6.79. The summed E-state index contributed by atoms with van der Waals surface area (Å²) in [5.74, 6) is -0.330. The topological polar surface area (TPSA) is 55.1 Å². The maximum atomic E-state index is 11.9. The highest BCUT2D eigenvalue weighted by Gasteiger charge is 2.24. The molecule has 0 aliphatic rings. The average molecular weight is 264 g/mol. The minimum absolute atomic E-state index is 0.0755. The molecule has 18 heavy (non-hydrogen) atoms. The van der Waals surface area contributed by atoms with E-state index >= 15 is 0 Å². The smallest absolute Gasteiger partial charge is 0.230 e. The molecule has 0 aliphatic carbocycles. The second-order valence-corrected chi connectivity index (χ2v) is 5.12. The van der Waals surface area contributed by atoms with Crippen LogP contribution < -0.4 is 11.1 Å². The molecule has 1 aromatic carbocycles. The van der Waals surface area contributed by atoms with E-state index in [1.54, 1.807) is 0 Å². The van der Waals surface area contributed by atoms with Crippen LogP contribution in [0.2, 0.25) is 0 Å². The van der Waals surface area contributed by atoms with Crippen molar-refractivity contribution in [3.63, 3.8) is 0 Å². The highest BCUT2D eigenvalue weighted by Crippen LogP contribution is 2.11. The number of benzene rings is 1. The van der Waals surface area contributed by atoms with Crippen LogP contribution in [0, 0.1) is 11.8 Å². The molecule has 1 unspecified atom stereocenters. The number of hydrogen-bond acceptors (Lipinski definition) is 2. The number of thiocarbonyl (C=S) groups is 1. The molecule has 0 saturated carbocycles. The van der Waals surface area contributed by atoms with E-state index in [1.165, 1.54) is 5.56 Å². The zero-order valence-corrected chi connectivity index (χ0v) is 11.7. The van der Waals surface area contributed by atoms with E-state index < -0.39 is 0 Å². The molecule has 0 bridgehead atoms. The van der Waals surface area contributed by atoms with Crippen molar-refractivity contribution in [3.05, 3.63) is 35.9 Å². The normalized spacial score (nSPS) is 12.2. The highest BCUT2D eigenvalue weighted by atomic mass is 32.1. The Bertz CT molecular complexity index is 404. The molecule has 0 spiro atoms. The molecule has 0 saturated heterocycles. The lowest BCUT2D eigenvalue weighted by Gasteiger charge is -2.18. The predicted molar refractivity (Wildman–Crippen MR) is 78.3 cm³/mol. The lowest BCUT2D eigenvalue weighted by Crippen LogP contribution is -2.41. The summed E-state index contributed by atoms with van der Waals surface area (Å²) in [6, 6.07) is 10.0. The Morgan fingerprint density at radius 3 is 2.44 bits per heavy atom. The molecule has 98 valence electrons. The summed E-state index contributed by atoms with van der Waals surface area (Å²) in [7, 11) is 0. The fraction of sp³-hybridized carbons (Fsp3) is 0.429. The standard InChI is InChI=1S/C14H20N2OS/c1-10(2)12(13(15)18)14(17)16-9-8-11-6-4-3-5-7-11/h3-7,10,12H,8-9H2,1-2H3,(H2,15,18)(H,16,17). The number of amides is 1. The van der Waals surface area contributed by atoms with Crippen molar-refractivity contribution in [2.24, 2.45) is 17.6 Å². The first-order valence-corrected chi connectivity index (χ1v) is 6.54. The molecule has 3 nitrogen and oxygen atoms in total. The van der Waals surface area contributed by atoms with Crippen LogP contribution in [-0.2, 0) is 11.2 Å². The van der Waals surface area contributed by atoms with Crippen molar-refractivity contribution < 1.29 is 4.79 Å². The number of nitrogens with one attached hydrogen (secondary N) is 1. The zero-order chi connectivity index (χ0) is 13.5. The van der Waals surface area contributed by atoms with Crippen molar-refractivity contribution in [2.45, 2.75) is 20.3 Å². The van der Waals surface area contributed by atoms with Crippen LogP contribution in [0.5, 0.6) is 0 Å². The Hall–Kier alpha value is -1.42. The first kappa shape index (κ1) is 14.6. The lowest BCUT2D eigenvalue weighted by atomic mass is 9.95. The Morgan fingerprint density at radius 2 is 1.94 bits per heavy atom. The maximum absolute atomic E-state index is 11.9. The summed E-state index contributed by atoms with van der Waals surface area (Å²) in [5, 5.41) is 2.89. The highest BCUT2D eigenvalue weighted by molar-refractivity contribution is 7.80. The van der Waals surface area contributed by atoms with E-state index in [0.717, 1.165) is 6.42 Å². The molecular formula is C14H20N2OS. The van der Waals surface area contributed by atoms with Crippen molar-refractivity contribution >= 4 is 23.1 Å². The molecule has 4 heteroatoms. The van der Waals surface area contributed by atoms with Crippen LogP contribution in [0.3, 0.4) is 0 Å². The molecule has 1 atom stereocenters. The van der Waals surface area contributed by atoms with Crippen LogP contribution in [0.1, 0.15) is 19.4 Å².